The van der Waals surface area contributed by atoms with E-state index >= 15 is 0 Å². The van der Waals surface area contributed by atoms with Gasteiger partial charge in [-0.3, -0.25) is 34.6 Å². The van der Waals surface area contributed by atoms with Gasteiger partial charge in [-0.05, 0) is 29.8 Å². The van der Waals surface area contributed by atoms with Gasteiger partial charge in [0.25, 0.3) is 29.1 Å². The Morgan fingerprint density at radius 1 is 0.842 bits per heavy atom. The molecule has 0 aromatic heterocycles. The Kier molecular flexibility index (Phi) is 7.01. The van der Waals surface area contributed by atoms with Crippen molar-refractivity contribution in [2.45, 2.75) is 0 Å². The average molecular weight is 516 g/mol. The van der Waals surface area contributed by atoms with Crippen LogP contribution in [0.5, 0.6) is 0 Å². The van der Waals surface area contributed by atoms with Crippen molar-refractivity contribution in [1.29, 1.82) is 0 Å². The van der Waals surface area contributed by atoms with Crippen molar-refractivity contribution in [1.82, 2.24) is 10.2 Å². The van der Waals surface area contributed by atoms with E-state index in [1.807, 2.05) is 0 Å². The van der Waals surface area contributed by atoms with Crippen LogP contribution < -0.4 is 5.32 Å². The van der Waals surface area contributed by atoms with Crippen LogP contribution in [0.4, 0.5) is 11.4 Å². The molecule has 1 aliphatic heterocycles. The Morgan fingerprint density at radius 3 is 2.03 bits per heavy atom. The molecule has 190 valence electrons. The zero-order valence-electron chi connectivity index (χ0n) is 19.2. The largest absolute Gasteiger partial charge is 0.439 e. The number of rotatable bonds is 8. The van der Waals surface area contributed by atoms with Crippen LogP contribution in [0.2, 0.25) is 0 Å². The van der Waals surface area contributed by atoms with Gasteiger partial charge in [0.15, 0.2) is 6.73 Å². The molecule has 1 aliphatic rings. The topological polar surface area (TPSA) is 179 Å². The van der Waals surface area contributed by atoms with E-state index in [0.717, 1.165) is 18.2 Å². The fourth-order valence-electron chi connectivity index (χ4n) is 3.55. The summed E-state index contributed by atoms with van der Waals surface area (Å²) in [4.78, 5) is 72.4. The quantitative estimate of drug-likeness (QED) is 0.155. The van der Waals surface area contributed by atoms with E-state index in [4.69, 9.17) is 4.74 Å². The molecule has 3 amide bonds. The maximum atomic E-state index is 13.0. The van der Waals surface area contributed by atoms with Crippen LogP contribution in [-0.4, -0.2) is 45.2 Å². The van der Waals surface area contributed by atoms with Gasteiger partial charge in [0.2, 0.25) is 0 Å². The van der Waals surface area contributed by atoms with E-state index < -0.39 is 46.0 Å². The Hall–Kier alpha value is -5.72. The summed E-state index contributed by atoms with van der Waals surface area (Å²) in [5, 5.41) is 24.5. The maximum absolute atomic E-state index is 13.0. The molecule has 3 aromatic carbocycles. The second-order valence-corrected chi connectivity index (χ2v) is 7.82. The van der Waals surface area contributed by atoms with Gasteiger partial charge in [0.1, 0.15) is 5.70 Å². The van der Waals surface area contributed by atoms with Crippen LogP contribution in [0.1, 0.15) is 36.6 Å². The van der Waals surface area contributed by atoms with E-state index in [9.17, 15) is 39.4 Å². The summed E-state index contributed by atoms with van der Waals surface area (Å²) < 4.78 is 5.13. The predicted molar refractivity (Wildman–Crippen MR) is 130 cm³/mol. The molecule has 0 aliphatic carbocycles. The van der Waals surface area contributed by atoms with Crippen LogP contribution in [0.25, 0.3) is 6.08 Å². The number of esters is 1. The summed E-state index contributed by atoms with van der Waals surface area (Å²) >= 11 is 0. The van der Waals surface area contributed by atoms with E-state index in [-0.39, 0.29) is 33.6 Å². The van der Waals surface area contributed by atoms with Crippen molar-refractivity contribution in [3.8, 4) is 0 Å². The molecule has 0 bridgehead atoms. The number of nitrogens with zero attached hydrogens (tertiary/aromatic N) is 3. The SMILES string of the molecule is O=C(OCN1C(=O)c2ccccc2C1=O)C(=Cc1cccc([N+](=O)[O-])c1)NC(=O)c1cccc([N+](=O)[O-])c1. The summed E-state index contributed by atoms with van der Waals surface area (Å²) in [6.07, 6.45) is 1.09. The number of amides is 3. The van der Waals surface area contributed by atoms with Crippen molar-refractivity contribution >= 4 is 41.1 Å². The second-order valence-electron chi connectivity index (χ2n) is 7.82. The monoisotopic (exact) mass is 516 g/mol. The van der Waals surface area contributed by atoms with E-state index in [0.29, 0.717) is 4.90 Å². The second kappa shape index (κ2) is 10.5. The van der Waals surface area contributed by atoms with E-state index in [1.165, 1.54) is 48.5 Å². The van der Waals surface area contributed by atoms with Crippen LogP contribution in [-0.2, 0) is 9.53 Å². The normalized spacial score (nSPS) is 12.6. The molecular weight excluding hydrogens is 500 g/mol. The lowest BCUT2D eigenvalue weighted by Gasteiger charge is -2.15. The number of carbonyl (C=O) groups excluding carboxylic acids is 4. The van der Waals surface area contributed by atoms with Crippen molar-refractivity contribution in [3.05, 3.63) is 121 Å². The molecule has 0 saturated heterocycles. The molecule has 0 unspecified atom stereocenters. The number of non-ortho nitro benzene ring substituents is 2. The number of nitro groups is 2. The number of hydrogen-bond donors (Lipinski definition) is 1. The number of nitrogens with one attached hydrogen (secondary N) is 1. The van der Waals surface area contributed by atoms with Gasteiger partial charge in [0.05, 0.1) is 21.0 Å². The molecule has 38 heavy (non-hydrogen) atoms. The number of benzene rings is 3. The average Bonchev–Trinajstić information content (AvgIpc) is 3.16. The standard InChI is InChI=1S/C25H16N4O9/c30-22(16-6-4-8-18(13-16)29(36)37)26-21(12-15-5-3-7-17(11-15)28(34)35)25(33)38-14-27-23(31)19-9-1-2-10-20(19)24(27)32/h1-13H,14H2,(H,26,30). The molecule has 0 spiro atoms. The summed E-state index contributed by atoms with van der Waals surface area (Å²) in [5.74, 6) is -3.44. The molecule has 0 radical (unpaired) electrons. The van der Waals surface area contributed by atoms with Crippen molar-refractivity contribution < 1.29 is 33.8 Å². The lowest BCUT2D eigenvalue weighted by molar-refractivity contribution is -0.385. The minimum atomic E-state index is -1.17. The first-order valence-electron chi connectivity index (χ1n) is 10.8. The van der Waals surface area contributed by atoms with Crippen molar-refractivity contribution in [3.63, 3.8) is 0 Å². The van der Waals surface area contributed by atoms with Crippen LogP contribution >= 0.6 is 0 Å². The maximum Gasteiger partial charge on any atom is 0.356 e. The number of imide groups is 1. The van der Waals surface area contributed by atoms with Crippen molar-refractivity contribution in [2.24, 2.45) is 0 Å². The van der Waals surface area contributed by atoms with Gasteiger partial charge >= 0.3 is 5.97 Å². The molecule has 1 heterocycles. The number of carbonyl (C=O) groups is 4. The first kappa shape index (κ1) is 25.4. The Bertz CT molecular complexity index is 1510. The molecule has 0 saturated carbocycles. The van der Waals surface area contributed by atoms with E-state index in [1.54, 1.807) is 12.1 Å². The summed E-state index contributed by atoms with van der Waals surface area (Å²) in [7, 11) is 0. The predicted octanol–water partition coefficient (Wildman–Crippen LogP) is 3.07. The van der Waals surface area contributed by atoms with Gasteiger partial charge in [-0.15, -0.1) is 0 Å². The third-order valence-corrected chi connectivity index (χ3v) is 5.38. The number of hydrogen-bond acceptors (Lipinski definition) is 9. The molecular formula is C25H16N4O9. The van der Waals surface area contributed by atoms with Gasteiger partial charge < -0.3 is 10.1 Å². The van der Waals surface area contributed by atoms with Crippen LogP contribution in [0.15, 0.2) is 78.5 Å². The lowest BCUT2D eigenvalue weighted by atomic mass is 10.1. The highest BCUT2D eigenvalue weighted by Gasteiger charge is 2.36. The number of ether oxygens (including phenoxy) is 1. The zero-order chi connectivity index (χ0) is 27.4. The van der Waals surface area contributed by atoms with E-state index in [2.05, 4.69) is 5.32 Å². The minimum Gasteiger partial charge on any atom is -0.439 e. The highest BCUT2D eigenvalue weighted by atomic mass is 16.6. The Morgan fingerprint density at radius 2 is 1.42 bits per heavy atom. The number of fused-ring (bicyclic) bond motifs is 1. The summed E-state index contributed by atoms with van der Waals surface area (Å²) in [6, 6.07) is 15.9. The molecule has 13 nitrogen and oxygen atoms in total. The molecule has 1 N–H and O–H groups in total. The lowest BCUT2D eigenvalue weighted by Crippen LogP contribution is -2.35. The molecule has 0 fully saturated rings. The molecule has 4 rings (SSSR count). The van der Waals surface area contributed by atoms with Gasteiger partial charge in [-0.25, -0.2) is 9.69 Å². The Balaban J connectivity index is 1.59. The fourth-order valence-corrected chi connectivity index (χ4v) is 3.55. The molecule has 3 aromatic rings. The first-order chi connectivity index (χ1) is 18.2. The number of nitro benzene ring substituents is 2. The summed E-state index contributed by atoms with van der Waals surface area (Å²) in [5.41, 5.74) is -0.889. The first-order valence-corrected chi connectivity index (χ1v) is 10.8. The van der Waals surface area contributed by atoms with Gasteiger partial charge in [-0.2, -0.15) is 0 Å². The smallest absolute Gasteiger partial charge is 0.356 e. The highest BCUT2D eigenvalue weighted by molar-refractivity contribution is 6.21. The van der Waals surface area contributed by atoms with Crippen LogP contribution in [0.3, 0.4) is 0 Å². The molecule has 13 heteroatoms. The van der Waals surface area contributed by atoms with Gasteiger partial charge in [0, 0.05) is 29.8 Å². The van der Waals surface area contributed by atoms with Crippen LogP contribution in [0, 0.1) is 20.2 Å². The zero-order valence-corrected chi connectivity index (χ0v) is 19.2. The van der Waals surface area contributed by atoms with Gasteiger partial charge in [-0.1, -0.05) is 30.3 Å². The highest BCUT2D eigenvalue weighted by Crippen LogP contribution is 2.23. The fraction of sp³-hybridized carbons (Fsp3) is 0.0400. The third kappa shape index (κ3) is 5.26. The molecule has 0 atom stereocenters. The summed E-state index contributed by atoms with van der Waals surface area (Å²) in [6.45, 7) is -0.774. The Labute approximate surface area is 213 Å². The minimum absolute atomic E-state index is 0.139. The van der Waals surface area contributed by atoms with Crippen molar-refractivity contribution in [2.75, 3.05) is 6.73 Å². The third-order valence-electron chi connectivity index (χ3n) is 5.38.